The van der Waals surface area contributed by atoms with Crippen molar-refractivity contribution in [2.24, 2.45) is 5.90 Å². The summed E-state index contributed by atoms with van der Waals surface area (Å²) in [6.45, 7) is 1.21. The van der Waals surface area contributed by atoms with E-state index in [-0.39, 0.29) is 5.91 Å². The number of hydrazine groups is 1. The summed E-state index contributed by atoms with van der Waals surface area (Å²) in [6, 6.07) is 8.00. The van der Waals surface area contributed by atoms with E-state index in [1.54, 1.807) is 12.1 Å². The van der Waals surface area contributed by atoms with Gasteiger partial charge in [-0.25, -0.2) is 5.90 Å². The number of anilines is 1. The summed E-state index contributed by atoms with van der Waals surface area (Å²) in [5.74, 6) is 5.20. The zero-order chi connectivity index (χ0) is 12.3. The number of nitrogens with two attached hydrogens (primary N) is 1. The first-order chi connectivity index (χ1) is 8.24. The van der Waals surface area contributed by atoms with Gasteiger partial charge in [0.15, 0.2) is 0 Å². The molecule has 0 unspecified atom stereocenters. The minimum absolute atomic E-state index is 0.148. The molecule has 0 atom stereocenters. The predicted octanol–water partition coefficient (Wildman–Crippen LogP) is 0.703. The molecule has 1 amide bonds. The number of benzene rings is 1. The largest absolute Gasteiger partial charge is 0.304 e. The van der Waals surface area contributed by atoms with Crippen LogP contribution in [0.5, 0.6) is 0 Å². The molecule has 1 heterocycles. The van der Waals surface area contributed by atoms with E-state index < -0.39 is 0 Å². The van der Waals surface area contributed by atoms with Crippen LogP contribution in [0.1, 0.15) is 12.0 Å². The molecule has 5 nitrogen and oxygen atoms in total. The molecular formula is C12H17N3O2. The predicted molar refractivity (Wildman–Crippen MR) is 65.0 cm³/mol. The molecule has 1 saturated heterocycles. The van der Waals surface area contributed by atoms with Crippen molar-refractivity contribution in [1.82, 2.24) is 5.01 Å². The Balaban J connectivity index is 2.22. The maximum Gasteiger partial charge on any atom is 0.242 e. The molecule has 1 aliphatic heterocycles. The number of rotatable bonds is 4. The Bertz CT molecular complexity index is 408. The number of para-hydroxylation sites is 1. The standard InChI is InChI=1S/C12H17N3O2/c1-14-12(16)6-8-15(14)11-5-3-2-4-10(11)7-9-17-13/h2-5H,6-9,13H2,1H3. The van der Waals surface area contributed by atoms with Gasteiger partial charge >= 0.3 is 0 Å². The van der Waals surface area contributed by atoms with Gasteiger partial charge in [-0.1, -0.05) is 18.2 Å². The van der Waals surface area contributed by atoms with E-state index in [9.17, 15) is 4.79 Å². The molecule has 2 rings (SSSR count). The smallest absolute Gasteiger partial charge is 0.242 e. The average molecular weight is 235 g/mol. The molecule has 1 aliphatic rings. The molecule has 1 aromatic carbocycles. The van der Waals surface area contributed by atoms with E-state index in [2.05, 4.69) is 4.84 Å². The van der Waals surface area contributed by atoms with Crippen LogP contribution in [0.4, 0.5) is 5.69 Å². The Kier molecular flexibility index (Phi) is 3.61. The van der Waals surface area contributed by atoms with Crippen molar-refractivity contribution < 1.29 is 9.63 Å². The highest BCUT2D eigenvalue weighted by Crippen LogP contribution is 2.25. The van der Waals surface area contributed by atoms with Crippen LogP contribution in [0, 0.1) is 0 Å². The van der Waals surface area contributed by atoms with E-state index >= 15 is 0 Å². The number of hydrogen-bond acceptors (Lipinski definition) is 4. The minimum atomic E-state index is 0.148. The second-order valence-electron chi connectivity index (χ2n) is 4.04. The lowest BCUT2D eigenvalue weighted by molar-refractivity contribution is -0.126. The lowest BCUT2D eigenvalue weighted by atomic mass is 10.1. The first-order valence-electron chi connectivity index (χ1n) is 5.67. The van der Waals surface area contributed by atoms with Crippen molar-refractivity contribution in [2.75, 3.05) is 25.2 Å². The molecule has 0 aromatic heterocycles. The van der Waals surface area contributed by atoms with Crippen LogP contribution in [0.2, 0.25) is 0 Å². The molecule has 0 radical (unpaired) electrons. The molecule has 2 N–H and O–H groups in total. The van der Waals surface area contributed by atoms with Crippen LogP contribution >= 0.6 is 0 Å². The molecule has 17 heavy (non-hydrogen) atoms. The molecule has 1 fully saturated rings. The fraction of sp³-hybridized carbons (Fsp3) is 0.417. The number of hydrogen-bond donors (Lipinski definition) is 1. The Morgan fingerprint density at radius 1 is 1.41 bits per heavy atom. The Morgan fingerprint density at radius 3 is 2.82 bits per heavy atom. The third kappa shape index (κ3) is 2.40. The van der Waals surface area contributed by atoms with Gasteiger partial charge in [-0.3, -0.25) is 14.8 Å². The van der Waals surface area contributed by atoms with E-state index in [0.29, 0.717) is 13.0 Å². The quantitative estimate of drug-likeness (QED) is 0.781. The highest BCUT2D eigenvalue weighted by Gasteiger charge is 2.26. The molecule has 0 spiro atoms. The van der Waals surface area contributed by atoms with Gasteiger partial charge in [0, 0.05) is 20.0 Å². The SMILES string of the molecule is CN1C(=O)CCN1c1ccccc1CCON. The van der Waals surface area contributed by atoms with Crippen molar-refractivity contribution in [3.63, 3.8) is 0 Å². The topological polar surface area (TPSA) is 58.8 Å². The molecule has 92 valence electrons. The highest BCUT2D eigenvalue weighted by atomic mass is 16.6. The first-order valence-corrected chi connectivity index (χ1v) is 5.67. The monoisotopic (exact) mass is 235 g/mol. The van der Waals surface area contributed by atoms with Gasteiger partial charge in [0.05, 0.1) is 12.3 Å². The van der Waals surface area contributed by atoms with Crippen molar-refractivity contribution in [3.8, 4) is 0 Å². The van der Waals surface area contributed by atoms with Gasteiger partial charge in [-0.2, -0.15) is 0 Å². The fourth-order valence-corrected chi connectivity index (χ4v) is 2.07. The molecule has 0 saturated carbocycles. The molecule has 0 aliphatic carbocycles. The molecular weight excluding hydrogens is 218 g/mol. The number of carbonyl (C=O) groups is 1. The first kappa shape index (κ1) is 11.9. The van der Waals surface area contributed by atoms with Gasteiger partial charge in [0.25, 0.3) is 0 Å². The number of amides is 1. The van der Waals surface area contributed by atoms with Crippen molar-refractivity contribution in [1.29, 1.82) is 0 Å². The third-order valence-electron chi connectivity index (χ3n) is 3.02. The van der Waals surface area contributed by atoms with Crippen LogP contribution in [-0.2, 0) is 16.1 Å². The number of carbonyl (C=O) groups excluding carboxylic acids is 1. The summed E-state index contributed by atoms with van der Waals surface area (Å²) in [5, 5.41) is 3.66. The summed E-state index contributed by atoms with van der Waals surface area (Å²) in [5.41, 5.74) is 2.19. The highest BCUT2D eigenvalue weighted by molar-refractivity contribution is 5.81. The van der Waals surface area contributed by atoms with Crippen molar-refractivity contribution in [3.05, 3.63) is 29.8 Å². The van der Waals surface area contributed by atoms with Crippen LogP contribution in [0.15, 0.2) is 24.3 Å². The Hall–Kier alpha value is -1.59. The van der Waals surface area contributed by atoms with Gasteiger partial charge in [0.2, 0.25) is 5.91 Å². The van der Waals surface area contributed by atoms with Gasteiger partial charge < -0.3 is 4.84 Å². The van der Waals surface area contributed by atoms with Gasteiger partial charge in [-0.05, 0) is 18.1 Å². The summed E-state index contributed by atoms with van der Waals surface area (Å²) < 4.78 is 0. The minimum Gasteiger partial charge on any atom is -0.304 e. The average Bonchev–Trinajstić information content (AvgIpc) is 2.68. The number of nitrogens with zero attached hydrogens (tertiary/aromatic N) is 2. The summed E-state index contributed by atoms with van der Waals surface area (Å²) in [7, 11) is 1.80. The van der Waals surface area contributed by atoms with E-state index in [1.807, 2.05) is 29.3 Å². The van der Waals surface area contributed by atoms with E-state index in [1.165, 1.54) is 0 Å². The van der Waals surface area contributed by atoms with Gasteiger partial charge in [-0.15, -0.1) is 0 Å². The zero-order valence-corrected chi connectivity index (χ0v) is 9.93. The maximum absolute atomic E-state index is 11.5. The maximum atomic E-state index is 11.5. The Morgan fingerprint density at radius 2 is 2.18 bits per heavy atom. The third-order valence-corrected chi connectivity index (χ3v) is 3.02. The van der Waals surface area contributed by atoms with Crippen LogP contribution < -0.4 is 10.9 Å². The van der Waals surface area contributed by atoms with Crippen LogP contribution in [0.25, 0.3) is 0 Å². The normalized spacial score (nSPS) is 15.8. The lowest BCUT2D eigenvalue weighted by Gasteiger charge is -2.28. The summed E-state index contributed by atoms with van der Waals surface area (Å²) in [4.78, 5) is 16.1. The second kappa shape index (κ2) is 5.16. The summed E-state index contributed by atoms with van der Waals surface area (Å²) >= 11 is 0. The van der Waals surface area contributed by atoms with E-state index in [4.69, 9.17) is 5.90 Å². The van der Waals surface area contributed by atoms with Crippen molar-refractivity contribution >= 4 is 11.6 Å². The molecule has 0 bridgehead atoms. The summed E-state index contributed by atoms with van der Waals surface area (Å²) in [6.07, 6.45) is 1.31. The second-order valence-corrected chi connectivity index (χ2v) is 4.04. The molecule has 1 aromatic rings. The van der Waals surface area contributed by atoms with Crippen LogP contribution in [0.3, 0.4) is 0 Å². The molecule has 5 heteroatoms. The van der Waals surface area contributed by atoms with Crippen molar-refractivity contribution in [2.45, 2.75) is 12.8 Å². The fourth-order valence-electron chi connectivity index (χ4n) is 2.07. The zero-order valence-electron chi connectivity index (χ0n) is 9.93. The van der Waals surface area contributed by atoms with E-state index in [0.717, 1.165) is 24.2 Å². The van der Waals surface area contributed by atoms with Crippen LogP contribution in [-0.4, -0.2) is 31.1 Å². The Labute approximate surface area is 101 Å². The lowest BCUT2D eigenvalue weighted by Crippen LogP contribution is -2.36. The van der Waals surface area contributed by atoms with Gasteiger partial charge in [0.1, 0.15) is 0 Å².